The number of anilines is 1. The van der Waals surface area contributed by atoms with Gasteiger partial charge in [0.2, 0.25) is 11.9 Å². The number of aryl methyl sites for hydroxylation is 1. The molecule has 2 fully saturated rings. The highest BCUT2D eigenvalue weighted by Crippen LogP contribution is 2.34. The van der Waals surface area contributed by atoms with Crippen molar-refractivity contribution in [3.05, 3.63) is 65.0 Å². The summed E-state index contributed by atoms with van der Waals surface area (Å²) in [4.78, 5) is 39.3. The first-order valence-electron chi connectivity index (χ1n) is 12.6. The van der Waals surface area contributed by atoms with Crippen LogP contribution in [0.5, 0.6) is 0 Å². The molecule has 1 aromatic carbocycles. The molecule has 3 aromatic rings. The average Bonchev–Trinajstić information content (AvgIpc) is 3.02. The zero-order chi connectivity index (χ0) is 25.1. The lowest BCUT2D eigenvalue weighted by atomic mass is 10.1. The van der Waals surface area contributed by atoms with Crippen molar-refractivity contribution in [2.45, 2.75) is 38.6 Å². The van der Waals surface area contributed by atoms with Gasteiger partial charge in [0, 0.05) is 43.2 Å². The molecule has 0 aliphatic carbocycles. The molecule has 4 heterocycles. The average molecular weight is 507 g/mol. The number of aromatic nitrogens is 3. The smallest absolute Gasteiger partial charge is 0.258 e. The van der Waals surface area contributed by atoms with E-state index in [0.29, 0.717) is 35.1 Å². The predicted octanol–water partition coefficient (Wildman–Crippen LogP) is 4.46. The molecular weight excluding hydrogens is 476 g/mol. The van der Waals surface area contributed by atoms with Crippen LogP contribution in [0.25, 0.3) is 11.0 Å². The van der Waals surface area contributed by atoms with Crippen LogP contribution in [-0.2, 0) is 4.79 Å². The minimum absolute atomic E-state index is 0.0239. The topological polar surface area (TPSA) is 83.4 Å². The molecule has 2 saturated heterocycles. The summed E-state index contributed by atoms with van der Waals surface area (Å²) in [6.07, 6.45) is 9.27. The largest absolute Gasteiger partial charge is 0.337 e. The Hall–Kier alpha value is -3.23. The summed E-state index contributed by atoms with van der Waals surface area (Å²) < 4.78 is 2.01. The highest BCUT2D eigenvalue weighted by Gasteiger charge is 2.27. The van der Waals surface area contributed by atoms with E-state index in [0.717, 1.165) is 50.1 Å². The summed E-state index contributed by atoms with van der Waals surface area (Å²) >= 11 is 6.65. The van der Waals surface area contributed by atoms with Gasteiger partial charge in [0.05, 0.1) is 22.1 Å². The van der Waals surface area contributed by atoms with Gasteiger partial charge in [-0.1, -0.05) is 23.7 Å². The van der Waals surface area contributed by atoms with Crippen molar-refractivity contribution >= 4 is 40.4 Å². The first-order valence-corrected chi connectivity index (χ1v) is 13.0. The fourth-order valence-corrected chi connectivity index (χ4v) is 5.17. The Labute approximate surface area is 215 Å². The lowest BCUT2D eigenvalue weighted by molar-refractivity contribution is -0.126. The second kappa shape index (κ2) is 10.8. The number of nitrogens with zero attached hydrogens (tertiary/aromatic N) is 5. The fraction of sp³-hybridized carbons (Fsp3) is 0.407. The van der Waals surface area contributed by atoms with Crippen LogP contribution in [0.4, 0.5) is 5.95 Å². The van der Waals surface area contributed by atoms with E-state index in [-0.39, 0.29) is 17.9 Å². The van der Waals surface area contributed by atoms with E-state index >= 15 is 0 Å². The van der Waals surface area contributed by atoms with Crippen LogP contribution in [0.2, 0.25) is 5.02 Å². The number of rotatable bonds is 6. The number of pyridine rings is 1. The van der Waals surface area contributed by atoms with Gasteiger partial charge in [-0.25, -0.2) is 4.98 Å². The zero-order valence-corrected chi connectivity index (χ0v) is 21.2. The number of carbonyl (C=O) groups excluding carboxylic acids is 2. The van der Waals surface area contributed by atoms with E-state index < -0.39 is 0 Å². The number of halogens is 1. The van der Waals surface area contributed by atoms with Crippen LogP contribution in [0.1, 0.15) is 47.8 Å². The minimum atomic E-state index is -0.260. The molecule has 1 atom stereocenters. The van der Waals surface area contributed by atoms with Crippen molar-refractivity contribution in [3.8, 4) is 0 Å². The number of benzene rings is 1. The Morgan fingerprint density at radius 1 is 1.17 bits per heavy atom. The van der Waals surface area contributed by atoms with Crippen LogP contribution in [0.3, 0.4) is 0 Å². The van der Waals surface area contributed by atoms with Crippen molar-refractivity contribution in [3.63, 3.8) is 0 Å². The summed E-state index contributed by atoms with van der Waals surface area (Å²) in [5, 5.41) is 3.56. The van der Waals surface area contributed by atoms with Gasteiger partial charge in [-0.05, 0) is 70.0 Å². The first-order chi connectivity index (χ1) is 17.5. The summed E-state index contributed by atoms with van der Waals surface area (Å²) in [5.41, 5.74) is 2.75. The van der Waals surface area contributed by atoms with Gasteiger partial charge in [-0.3, -0.25) is 24.8 Å². The number of fused-ring (bicyclic) bond motifs is 1. The molecule has 0 radical (unpaired) electrons. The van der Waals surface area contributed by atoms with Crippen LogP contribution in [0.15, 0.2) is 48.7 Å². The maximum Gasteiger partial charge on any atom is 0.258 e. The van der Waals surface area contributed by atoms with Crippen molar-refractivity contribution in [1.29, 1.82) is 0 Å². The lowest BCUT2D eigenvalue weighted by Crippen LogP contribution is -2.37. The number of hydrogen-bond acceptors (Lipinski definition) is 5. The normalized spacial score (nSPS) is 18.8. The Bertz CT molecular complexity index is 1300. The highest BCUT2D eigenvalue weighted by molar-refractivity contribution is 6.35. The second-order valence-electron chi connectivity index (χ2n) is 9.54. The fourth-order valence-electron chi connectivity index (χ4n) is 4.91. The molecule has 5 rings (SSSR count). The number of hydrogen-bond donors (Lipinski definition) is 1. The van der Waals surface area contributed by atoms with Crippen LogP contribution in [-0.4, -0.2) is 68.9 Å². The van der Waals surface area contributed by atoms with Gasteiger partial charge in [-0.2, -0.15) is 0 Å². The Balaban J connectivity index is 1.43. The first kappa shape index (κ1) is 24.5. The van der Waals surface area contributed by atoms with Gasteiger partial charge in [-0.15, -0.1) is 0 Å². The standard InChI is InChI=1S/C27H31ClN6O2/c1-19-17-20(11-12-29-19)26(36)31-27-30-23-9-4-8-22(28)25(23)34(27)21-7-2-3-16-33(18-21)24(35)10-5-13-32-14-6-15-32/h4-5,8-12,17,21H,2-3,6-7,13-16,18H2,1H3,(H,30,31,36)/b10-5+. The summed E-state index contributed by atoms with van der Waals surface area (Å²) in [7, 11) is 0. The van der Waals surface area contributed by atoms with Crippen molar-refractivity contribution in [2.24, 2.45) is 0 Å². The number of amides is 2. The number of imidazole rings is 1. The monoisotopic (exact) mass is 506 g/mol. The van der Waals surface area contributed by atoms with E-state index in [4.69, 9.17) is 16.6 Å². The van der Waals surface area contributed by atoms with E-state index in [9.17, 15) is 9.59 Å². The maximum absolute atomic E-state index is 13.1. The molecule has 0 spiro atoms. The summed E-state index contributed by atoms with van der Waals surface area (Å²) in [5.74, 6) is 0.199. The van der Waals surface area contributed by atoms with Crippen LogP contribution in [0, 0.1) is 6.92 Å². The second-order valence-corrected chi connectivity index (χ2v) is 9.95. The van der Waals surface area contributed by atoms with E-state index in [2.05, 4.69) is 15.2 Å². The molecule has 0 bridgehead atoms. The molecular formula is C27H31ClN6O2. The SMILES string of the molecule is Cc1cc(C(=O)Nc2nc3cccc(Cl)c3n2C2CCCCN(C(=O)/C=C/CN3CCC3)C2)ccn1. The summed E-state index contributed by atoms with van der Waals surface area (Å²) in [6.45, 7) is 6.11. The van der Waals surface area contributed by atoms with Gasteiger partial charge < -0.3 is 9.47 Å². The number of para-hydroxylation sites is 1. The third-order valence-electron chi connectivity index (χ3n) is 6.94. The number of nitrogens with one attached hydrogen (secondary N) is 1. The van der Waals surface area contributed by atoms with Crippen molar-refractivity contribution < 1.29 is 9.59 Å². The molecule has 9 heteroatoms. The third-order valence-corrected chi connectivity index (χ3v) is 7.25. The van der Waals surface area contributed by atoms with Crippen molar-refractivity contribution in [1.82, 2.24) is 24.3 Å². The molecule has 0 saturated carbocycles. The van der Waals surface area contributed by atoms with E-state index in [1.807, 2.05) is 40.7 Å². The maximum atomic E-state index is 13.1. The molecule has 2 aliphatic heterocycles. The van der Waals surface area contributed by atoms with Gasteiger partial charge in [0.25, 0.3) is 5.91 Å². The minimum Gasteiger partial charge on any atom is -0.337 e. The van der Waals surface area contributed by atoms with E-state index in [1.54, 1.807) is 24.4 Å². The van der Waals surface area contributed by atoms with Crippen LogP contribution >= 0.6 is 11.6 Å². The predicted molar refractivity (Wildman–Crippen MR) is 141 cm³/mol. The molecule has 2 aromatic heterocycles. The zero-order valence-electron chi connectivity index (χ0n) is 20.5. The molecule has 8 nitrogen and oxygen atoms in total. The molecule has 188 valence electrons. The molecule has 1 unspecified atom stereocenters. The third kappa shape index (κ3) is 5.29. The Kier molecular flexibility index (Phi) is 7.34. The molecule has 1 N–H and O–H groups in total. The molecule has 2 aliphatic rings. The Morgan fingerprint density at radius 2 is 2.03 bits per heavy atom. The number of likely N-dealkylation sites (tertiary alicyclic amines) is 2. The molecule has 36 heavy (non-hydrogen) atoms. The highest BCUT2D eigenvalue weighted by atomic mass is 35.5. The van der Waals surface area contributed by atoms with Crippen LogP contribution < -0.4 is 5.32 Å². The van der Waals surface area contributed by atoms with E-state index in [1.165, 1.54) is 6.42 Å². The van der Waals surface area contributed by atoms with Gasteiger partial charge in [0.15, 0.2) is 0 Å². The number of carbonyl (C=O) groups is 2. The Morgan fingerprint density at radius 3 is 2.81 bits per heavy atom. The quantitative estimate of drug-likeness (QED) is 0.499. The van der Waals surface area contributed by atoms with Gasteiger partial charge in [0.1, 0.15) is 0 Å². The summed E-state index contributed by atoms with van der Waals surface area (Å²) in [6, 6.07) is 8.93. The van der Waals surface area contributed by atoms with Crippen molar-refractivity contribution in [2.75, 3.05) is 38.0 Å². The van der Waals surface area contributed by atoms with Gasteiger partial charge >= 0.3 is 0 Å². The molecule has 2 amide bonds. The lowest BCUT2D eigenvalue weighted by Gasteiger charge is -2.29.